The number of nitrogens with two attached hydrogens (primary N) is 1. The summed E-state index contributed by atoms with van der Waals surface area (Å²) < 4.78 is 0. The van der Waals surface area contributed by atoms with Gasteiger partial charge in [0.1, 0.15) is 0 Å². The monoisotopic (exact) mass is 214 g/mol. The minimum Gasteiger partial charge on any atom is -0.398 e. The molecule has 0 amide bonds. The van der Waals surface area contributed by atoms with Gasteiger partial charge in [0.2, 0.25) is 0 Å². The fraction of sp³-hybridized carbons (Fsp3) is 0.357. The Balaban J connectivity index is 2.69. The Labute approximate surface area is 96.5 Å². The molecular weight excluding hydrogens is 196 g/mol. The lowest BCUT2D eigenvalue weighted by Gasteiger charge is -2.08. The largest absolute Gasteiger partial charge is 0.398 e. The van der Waals surface area contributed by atoms with Crippen molar-refractivity contribution in [3.05, 3.63) is 35.5 Å². The van der Waals surface area contributed by atoms with E-state index < -0.39 is 0 Å². The number of rotatable bonds is 3. The molecule has 0 aliphatic carbocycles. The molecule has 1 aromatic heterocycles. The number of anilines is 1. The summed E-state index contributed by atoms with van der Waals surface area (Å²) in [6.45, 7) is 4.29. The summed E-state index contributed by atoms with van der Waals surface area (Å²) in [6, 6.07) is 8.25. The van der Waals surface area contributed by atoms with E-state index >= 15 is 0 Å². The molecule has 16 heavy (non-hydrogen) atoms. The van der Waals surface area contributed by atoms with Gasteiger partial charge in [0.25, 0.3) is 0 Å². The first kappa shape index (κ1) is 10.9. The van der Waals surface area contributed by atoms with Gasteiger partial charge in [0.15, 0.2) is 0 Å². The number of fused-ring (bicyclic) bond motifs is 1. The van der Waals surface area contributed by atoms with Crippen LogP contribution in [0.2, 0.25) is 0 Å². The van der Waals surface area contributed by atoms with Crippen LogP contribution >= 0.6 is 0 Å². The van der Waals surface area contributed by atoms with Crippen LogP contribution < -0.4 is 5.73 Å². The average Bonchev–Trinajstić information content (AvgIpc) is 2.30. The standard InChI is InChI=1S/C14H18N2/c1-3-6-10-7-5-8-12-13(15)9-11(4-2)16-14(10)12/h5,7-9H,3-4,6H2,1-2H3,(H2,15,16). The van der Waals surface area contributed by atoms with Crippen LogP contribution in [0.15, 0.2) is 24.3 Å². The fourth-order valence-corrected chi connectivity index (χ4v) is 2.04. The van der Waals surface area contributed by atoms with E-state index in [-0.39, 0.29) is 0 Å². The van der Waals surface area contributed by atoms with Crippen LogP contribution in [-0.2, 0) is 12.8 Å². The molecule has 0 spiro atoms. The summed E-state index contributed by atoms with van der Waals surface area (Å²) in [5, 5.41) is 1.09. The fourth-order valence-electron chi connectivity index (χ4n) is 2.04. The minimum atomic E-state index is 0.847. The van der Waals surface area contributed by atoms with Gasteiger partial charge in [-0.15, -0.1) is 0 Å². The summed E-state index contributed by atoms with van der Waals surface area (Å²) >= 11 is 0. The molecule has 1 heterocycles. The molecule has 2 aromatic rings. The molecule has 0 aliphatic heterocycles. The Kier molecular flexibility index (Phi) is 3.09. The zero-order valence-corrected chi connectivity index (χ0v) is 9.96. The van der Waals surface area contributed by atoms with Gasteiger partial charge in [-0.3, -0.25) is 4.98 Å². The maximum absolute atomic E-state index is 6.06. The van der Waals surface area contributed by atoms with Crippen molar-refractivity contribution in [2.45, 2.75) is 33.1 Å². The van der Waals surface area contributed by atoms with Gasteiger partial charge in [-0.2, -0.15) is 0 Å². The Morgan fingerprint density at radius 1 is 1.25 bits per heavy atom. The summed E-state index contributed by atoms with van der Waals surface area (Å²) in [6.07, 6.45) is 3.13. The lowest BCUT2D eigenvalue weighted by atomic mass is 10.0. The van der Waals surface area contributed by atoms with E-state index in [1.807, 2.05) is 6.07 Å². The van der Waals surface area contributed by atoms with Crippen LogP contribution in [0.1, 0.15) is 31.5 Å². The van der Waals surface area contributed by atoms with Gasteiger partial charge in [-0.25, -0.2) is 0 Å². The second kappa shape index (κ2) is 4.52. The second-order valence-electron chi connectivity index (χ2n) is 4.12. The third-order valence-electron chi connectivity index (χ3n) is 2.89. The summed E-state index contributed by atoms with van der Waals surface area (Å²) in [5.74, 6) is 0. The molecule has 0 saturated carbocycles. The molecule has 0 bridgehead atoms. The maximum atomic E-state index is 6.06. The Morgan fingerprint density at radius 3 is 2.75 bits per heavy atom. The Morgan fingerprint density at radius 2 is 2.06 bits per heavy atom. The number of nitrogen functional groups attached to an aromatic ring is 1. The summed E-state index contributed by atoms with van der Waals surface area (Å²) in [5.41, 5.74) is 10.4. The van der Waals surface area contributed by atoms with Gasteiger partial charge in [0, 0.05) is 16.8 Å². The quantitative estimate of drug-likeness (QED) is 0.851. The van der Waals surface area contributed by atoms with Crippen molar-refractivity contribution < 1.29 is 0 Å². The molecule has 0 aliphatic rings. The van der Waals surface area contributed by atoms with Crippen LogP contribution in [0.25, 0.3) is 10.9 Å². The van der Waals surface area contributed by atoms with E-state index in [2.05, 4.69) is 32.0 Å². The normalized spacial score (nSPS) is 10.9. The molecular formula is C14H18N2. The number of para-hydroxylation sites is 1. The van der Waals surface area contributed by atoms with E-state index in [4.69, 9.17) is 10.7 Å². The topological polar surface area (TPSA) is 38.9 Å². The number of nitrogens with zero attached hydrogens (tertiary/aromatic N) is 1. The van der Waals surface area contributed by atoms with Crippen LogP contribution in [0.5, 0.6) is 0 Å². The highest BCUT2D eigenvalue weighted by atomic mass is 14.7. The predicted octanol–water partition coefficient (Wildman–Crippen LogP) is 3.33. The zero-order valence-electron chi connectivity index (χ0n) is 9.96. The first-order chi connectivity index (χ1) is 7.76. The lowest BCUT2D eigenvalue weighted by Crippen LogP contribution is -1.97. The number of aromatic nitrogens is 1. The molecule has 0 unspecified atom stereocenters. The van der Waals surface area contributed by atoms with Crippen molar-refractivity contribution >= 4 is 16.6 Å². The van der Waals surface area contributed by atoms with E-state index in [0.717, 1.165) is 41.5 Å². The van der Waals surface area contributed by atoms with Gasteiger partial charge in [0.05, 0.1) is 5.52 Å². The summed E-state index contributed by atoms with van der Waals surface area (Å²) in [4.78, 5) is 4.69. The van der Waals surface area contributed by atoms with Gasteiger partial charge >= 0.3 is 0 Å². The Hall–Kier alpha value is -1.57. The van der Waals surface area contributed by atoms with Crippen molar-refractivity contribution in [3.63, 3.8) is 0 Å². The molecule has 2 rings (SSSR count). The second-order valence-corrected chi connectivity index (χ2v) is 4.12. The number of hydrogen-bond donors (Lipinski definition) is 1. The molecule has 0 fully saturated rings. The SMILES string of the molecule is CCCc1cccc2c(N)cc(CC)nc12. The first-order valence-electron chi connectivity index (χ1n) is 5.93. The molecule has 0 radical (unpaired) electrons. The van der Waals surface area contributed by atoms with Gasteiger partial charge in [-0.1, -0.05) is 38.5 Å². The minimum absolute atomic E-state index is 0.847. The molecule has 1 aromatic carbocycles. The third kappa shape index (κ3) is 1.87. The molecule has 0 saturated heterocycles. The van der Waals surface area contributed by atoms with Crippen molar-refractivity contribution in [1.82, 2.24) is 4.98 Å². The highest BCUT2D eigenvalue weighted by Crippen LogP contribution is 2.24. The van der Waals surface area contributed by atoms with Gasteiger partial charge < -0.3 is 5.73 Å². The number of aryl methyl sites for hydroxylation is 2. The highest BCUT2D eigenvalue weighted by molar-refractivity contribution is 5.92. The molecule has 84 valence electrons. The van der Waals surface area contributed by atoms with E-state index in [1.54, 1.807) is 0 Å². The zero-order chi connectivity index (χ0) is 11.5. The summed E-state index contributed by atoms with van der Waals surface area (Å²) in [7, 11) is 0. The predicted molar refractivity (Wildman–Crippen MR) is 69.5 cm³/mol. The number of benzene rings is 1. The van der Waals surface area contributed by atoms with Crippen LogP contribution in [-0.4, -0.2) is 4.98 Å². The molecule has 0 atom stereocenters. The van der Waals surface area contributed by atoms with E-state index in [1.165, 1.54) is 5.56 Å². The number of pyridine rings is 1. The molecule has 2 N–H and O–H groups in total. The van der Waals surface area contributed by atoms with Crippen molar-refractivity contribution in [3.8, 4) is 0 Å². The average molecular weight is 214 g/mol. The van der Waals surface area contributed by atoms with Crippen LogP contribution in [0.4, 0.5) is 5.69 Å². The van der Waals surface area contributed by atoms with Crippen LogP contribution in [0.3, 0.4) is 0 Å². The lowest BCUT2D eigenvalue weighted by molar-refractivity contribution is 0.924. The van der Waals surface area contributed by atoms with E-state index in [0.29, 0.717) is 0 Å². The van der Waals surface area contributed by atoms with Crippen molar-refractivity contribution in [2.24, 2.45) is 0 Å². The van der Waals surface area contributed by atoms with Crippen molar-refractivity contribution in [1.29, 1.82) is 0 Å². The van der Waals surface area contributed by atoms with E-state index in [9.17, 15) is 0 Å². The number of hydrogen-bond acceptors (Lipinski definition) is 2. The van der Waals surface area contributed by atoms with Crippen LogP contribution in [0, 0.1) is 0 Å². The third-order valence-corrected chi connectivity index (χ3v) is 2.89. The van der Waals surface area contributed by atoms with Gasteiger partial charge in [-0.05, 0) is 24.5 Å². The molecule has 2 heteroatoms. The Bertz CT molecular complexity index is 503. The molecule has 2 nitrogen and oxygen atoms in total. The smallest absolute Gasteiger partial charge is 0.0757 e. The van der Waals surface area contributed by atoms with Crippen molar-refractivity contribution in [2.75, 3.05) is 5.73 Å². The highest BCUT2D eigenvalue weighted by Gasteiger charge is 2.06. The first-order valence-corrected chi connectivity index (χ1v) is 5.93. The maximum Gasteiger partial charge on any atom is 0.0757 e.